The molecule has 0 saturated heterocycles. The largest absolute Gasteiger partial charge is 0.481 e. The van der Waals surface area contributed by atoms with Gasteiger partial charge in [-0.3, -0.25) is 4.79 Å². The molecule has 0 spiro atoms. The zero-order valence-corrected chi connectivity index (χ0v) is 9.32. The molecule has 15 heavy (non-hydrogen) atoms. The Morgan fingerprint density at radius 2 is 2.20 bits per heavy atom. The van der Waals surface area contributed by atoms with Crippen molar-refractivity contribution in [1.29, 1.82) is 0 Å². The minimum absolute atomic E-state index is 0.0553. The molecule has 0 bridgehead atoms. The van der Waals surface area contributed by atoms with E-state index in [4.69, 9.17) is 16.7 Å². The fourth-order valence-corrected chi connectivity index (χ4v) is 2.40. The highest BCUT2D eigenvalue weighted by Crippen LogP contribution is 2.64. The van der Waals surface area contributed by atoms with Gasteiger partial charge >= 0.3 is 5.97 Å². The molecule has 1 saturated carbocycles. The smallest absolute Gasteiger partial charge is 0.307 e. The fourth-order valence-electron chi connectivity index (χ4n) is 2.29. The lowest BCUT2D eigenvalue weighted by Gasteiger charge is -2.01. The molecule has 1 aliphatic carbocycles. The summed E-state index contributed by atoms with van der Waals surface area (Å²) in [4.78, 5) is 15.0. The molecule has 0 aliphatic heterocycles. The minimum atomic E-state index is -0.736. The predicted octanol–water partition coefficient (Wildman–Crippen LogP) is 2.56. The lowest BCUT2D eigenvalue weighted by Crippen LogP contribution is -2.03. The molecule has 4 heteroatoms. The minimum Gasteiger partial charge on any atom is -0.481 e. The zero-order valence-electron chi connectivity index (χ0n) is 8.57. The number of carbonyl (C=O) groups is 1. The summed E-state index contributed by atoms with van der Waals surface area (Å²) in [6.07, 6.45) is 1.66. The van der Waals surface area contributed by atoms with E-state index in [0.717, 1.165) is 5.56 Å². The van der Waals surface area contributed by atoms with E-state index in [1.807, 2.05) is 19.9 Å². The van der Waals surface area contributed by atoms with Crippen LogP contribution in [0.3, 0.4) is 0 Å². The normalized spacial score (nSPS) is 27.4. The van der Waals surface area contributed by atoms with Gasteiger partial charge in [-0.05, 0) is 17.0 Å². The van der Waals surface area contributed by atoms with Gasteiger partial charge in [-0.15, -0.1) is 0 Å². The van der Waals surface area contributed by atoms with E-state index in [2.05, 4.69) is 4.98 Å². The number of halogens is 1. The van der Waals surface area contributed by atoms with Crippen LogP contribution in [-0.4, -0.2) is 16.1 Å². The third kappa shape index (κ3) is 1.61. The Kier molecular flexibility index (Phi) is 2.23. The van der Waals surface area contributed by atoms with Crippen molar-refractivity contribution in [1.82, 2.24) is 4.98 Å². The van der Waals surface area contributed by atoms with Crippen molar-refractivity contribution >= 4 is 17.6 Å². The van der Waals surface area contributed by atoms with Crippen LogP contribution in [0.5, 0.6) is 0 Å². The predicted molar refractivity (Wildman–Crippen MR) is 56.9 cm³/mol. The van der Waals surface area contributed by atoms with Gasteiger partial charge in [0.05, 0.1) is 5.92 Å². The molecule has 80 valence electrons. The highest BCUT2D eigenvalue weighted by molar-refractivity contribution is 6.29. The van der Waals surface area contributed by atoms with Crippen molar-refractivity contribution in [2.24, 2.45) is 11.3 Å². The van der Waals surface area contributed by atoms with E-state index in [0.29, 0.717) is 5.15 Å². The van der Waals surface area contributed by atoms with Gasteiger partial charge < -0.3 is 5.11 Å². The summed E-state index contributed by atoms with van der Waals surface area (Å²) in [6.45, 7) is 3.93. The first-order valence-corrected chi connectivity index (χ1v) is 5.16. The molecule has 0 amide bonds. The molecular formula is C11H12ClNO2. The topological polar surface area (TPSA) is 50.2 Å². The summed E-state index contributed by atoms with van der Waals surface area (Å²) in [5, 5.41) is 9.46. The maximum absolute atomic E-state index is 11.0. The Hall–Kier alpha value is -1.09. The molecule has 1 aromatic rings. The van der Waals surface area contributed by atoms with Gasteiger partial charge in [0.15, 0.2) is 0 Å². The van der Waals surface area contributed by atoms with Gasteiger partial charge in [-0.25, -0.2) is 4.98 Å². The van der Waals surface area contributed by atoms with Gasteiger partial charge in [0, 0.05) is 12.1 Å². The van der Waals surface area contributed by atoms with E-state index < -0.39 is 5.97 Å². The van der Waals surface area contributed by atoms with Crippen LogP contribution in [-0.2, 0) is 4.79 Å². The summed E-state index contributed by atoms with van der Waals surface area (Å²) in [6, 6.07) is 3.55. The molecule has 2 atom stereocenters. The maximum atomic E-state index is 11.0. The molecule has 0 aromatic carbocycles. The van der Waals surface area contributed by atoms with Crippen LogP contribution in [0.25, 0.3) is 0 Å². The average Bonchev–Trinajstić information content (AvgIpc) is 2.70. The van der Waals surface area contributed by atoms with E-state index in [1.54, 1.807) is 12.3 Å². The van der Waals surface area contributed by atoms with Crippen molar-refractivity contribution in [3.63, 3.8) is 0 Å². The quantitative estimate of drug-likeness (QED) is 0.787. The Bertz CT molecular complexity index is 400. The van der Waals surface area contributed by atoms with E-state index >= 15 is 0 Å². The molecule has 1 heterocycles. The average molecular weight is 226 g/mol. The summed E-state index contributed by atoms with van der Waals surface area (Å²) < 4.78 is 0. The summed E-state index contributed by atoms with van der Waals surface area (Å²) >= 11 is 5.68. The number of carboxylic acids is 1. The molecule has 1 aliphatic rings. The molecule has 1 aromatic heterocycles. The zero-order chi connectivity index (χ0) is 11.2. The van der Waals surface area contributed by atoms with Crippen LogP contribution in [0.4, 0.5) is 0 Å². The molecule has 1 N–H and O–H groups in total. The first-order chi connectivity index (χ1) is 6.94. The second-order valence-electron chi connectivity index (χ2n) is 4.53. The number of aromatic nitrogens is 1. The van der Waals surface area contributed by atoms with E-state index in [-0.39, 0.29) is 17.3 Å². The van der Waals surface area contributed by atoms with Crippen molar-refractivity contribution in [3.8, 4) is 0 Å². The molecule has 3 nitrogen and oxygen atoms in total. The summed E-state index contributed by atoms with van der Waals surface area (Å²) in [7, 11) is 0. The third-order valence-corrected chi connectivity index (χ3v) is 3.43. The molecule has 1 fully saturated rings. The van der Waals surface area contributed by atoms with E-state index in [9.17, 15) is 4.79 Å². The van der Waals surface area contributed by atoms with Crippen molar-refractivity contribution in [2.45, 2.75) is 19.8 Å². The fraction of sp³-hybridized carbons (Fsp3) is 0.455. The number of hydrogen-bond donors (Lipinski definition) is 1. The van der Waals surface area contributed by atoms with Crippen LogP contribution in [0.1, 0.15) is 25.3 Å². The van der Waals surface area contributed by atoms with Crippen molar-refractivity contribution < 1.29 is 9.90 Å². The first-order valence-electron chi connectivity index (χ1n) is 4.79. The van der Waals surface area contributed by atoms with Crippen molar-refractivity contribution in [2.75, 3.05) is 0 Å². The number of pyridine rings is 1. The van der Waals surface area contributed by atoms with Gasteiger partial charge in [-0.2, -0.15) is 0 Å². The lowest BCUT2D eigenvalue weighted by molar-refractivity contribution is -0.139. The van der Waals surface area contributed by atoms with Crippen LogP contribution in [0, 0.1) is 11.3 Å². The van der Waals surface area contributed by atoms with Crippen LogP contribution >= 0.6 is 11.6 Å². The molecular weight excluding hydrogens is 214 g/mol. The van der Waals surface area contributed by atoms with Gasteiger partial charge in [0.2, 0.25) is 0 Å². The Balaban J connectivity index is 2.27. The Labute approximate surface area is 93.1 Å². The van der Waals surface area contributed by atoms with Crippen LogP contribution < -0.4 is 0 Å². The number of aliphatic carboxylic acids is 1. The Morgan fingerprint density at radius 1 is 1.53 bits per heavy atom. The second kappa shape index (κ2) is 3.20. The third-order valence-electron chi connectivity index (χ3n) is 3.20. The molecule has 0 radical (unpaired) electrons. The van der Waals surface area contributed by atoms with E-state index in [1.165, 1.54) is 0 Å². The molecule has 2 unspecified atom stereocenters. The summed E-state index contributed by atoms with van der Waals surface area (Å²) in [5.41, 5.74) is 0.776. The summed E-state index contributed by atoms with van der Waals surface area (Å²) in [5.74, 6) is -0.986. The van der Waals surface area contributed by atoms with Gasteiger partial charge in [0.1, 0.15) is 5.15 Å². The number of rotatable bonds is 2. The maximum Gasteiger partial charge on any atom is 0.307 e. The lowest BCUT2D eigenvalue weighted by atomic mass is 10.1. The highest BCUT2D eigenvalue weighted by atomic mass is 35.5. The van der Waals surface area contributed by atoms with Crippen LogP contribution in [0.2, 0.25) is 5.15 Å². The number of nitrogens with zero attached hydrogens (tertiary/aromatic N) is 1. The standard InChI is InChI=1S/C11H12ClNO2/c1-11(2)8(9(11)10(14)15)6-3-4-7(12)13-5-6/h3-5,8-9H,1-2H3,(H,14,15). The van der Waals surface area contributed by atoms with Gasteiger partial charge in [-0.1, -0.05) is 31.5 Å². The van der Waals surface area contributed by atoms with Crippen molar-refractivity contribution in [3.05, 3.63) is 29.0 Å². The van der Waals surface area contributed by atoms with Gasteiger partial charge in [0.25, 0.3) is 0 Å². The highest BCUT2D eigenvalue weighted by Gasteiger charge is 2.62. The molecule has 2 rings (SSSR count). The number of carboxylic acid groups (broad SMARTS) is 1. The number of hydrogen-bond acceptors (Lipinski definition) is 2. The second-order valence-corrected chi connectivity index (χ2v) is 4.92. The Morgan fingerprint density at radius 3 is 2.60 bits per heavy atom. The first kappa shape index (κ1) is 10.4. The SMILES string of the molecule is CC1(C)C(C(=O)O)C1c1ccc(Cl)nc1. The monoisotopic (exact) mass is 225 g/mol. The van der Waals surface area contributed by atoms with Crippen LogP contribution in [0.15, 0.2) is 18.3 Å².